The molecule has 1 aromatic heterocycles. The summed E-state index contributed by atoms with van der Waals surface area (Å²) in [5, 5.41) is 6.20. The van der Waals surface area contributed by atoms with Crippen LogP contribution in [0.3, 0.4) is 0 Å². The molecule has 1 aromatic rings. The van der Waals surface area contributed by atoms with Gasteiger partial charge in [-0.2, -0.15) is 5.10 Å². The zero-order valence-corrected chi connectivity index (χ0v) is 9.55. The van der Waals surface area contributed by atoms with Crippen molar-refractivity contribution in [2.75, 3.05) is 0 Å². The molecule has 0 saturated heterocycles. The third-order valence-electron chi connectivity index (χ3n) is 2.22. The molecule has 0 spiro atoms. The van der Waals surface area contributed by atoms with E-state index in [0.29, 0.717) is 11.3 Å². The summed E-state index contributed by atoms with van der Waals surface area (Å²) in [5.74, 6) is 0.112. The molecule has 1 heterocycles. The number of hydrogen-bond acceptors (Lipinski definition) is 3. The number of Topliss-reactive ketones (excluding diaryl/α,β-unsaturated/α-hetero) is 1. The molecule has 0 amide bonds. The van der Waals surface area contributed by atoms with Gasteiger partial charge in [-0.1, -0.05) is 20.8 Å². The van der Waals surface area contributed by atoms with Gasteiger partial charge >= 0.3 is 0 Å². The largest absolute Gasteiger partial charge is 0.299 e. The Morgan fingerprint density at radius 1 is 1.47 bits per heavy atom. The van der Waals surface area contributed by atoms with E-state index in [1.54, 1.807) is 13.0 Å². The minimum atomic E-state index is -0.369. The van der Waals surface area contributed by atoms with E-state index in [-0.39, 0.29) is 23.2 Å². The van der Waals surface area contributed by atoms with Crippen molar-refractivity contribution in [1.29, 1.82) is 0 Å². The minimum absolute atomic E-state index is 0.112. The summed E-state index contributed by atoms with van der Waals surface area (Å²) in [4.78, 5) is 22.7. The molecule has 0 aliphatic carbocycles. The topological polar surface area (TPSA) is 62.8 Å². The SMILES string of the molecule is Cc1cc(CC(=O)C(C)(C)C)n[nH]c1=O. The lowest BCUT2D eigenvalue weighted by atomic mass is 9.88. The van der Waals surface area contributed by atoms with E-state index in [0.717, 1.165) is 0 Å². The van der Waals surface area contributed by atoms with Gasteiger partial charge in [0.1, 0.15) is 5.78 Å². The average Bonchev–Trinajstić information content (AvgIpc) is 2.10. The summed E-state index contributed by atoms with van der Waals surface area (Å²) in [6.45, 7) is 7.31. The second-order valence-electron chi connectivity index (χ2n) is 4.72. The molecule has 1 rings (SSSR count). The maximum atomic E-state index is 11.7. The summed E-state index contributed by atoms with van der Waals surface area (Å²) in [6, 6.07) is 1.66. The standard InChI is InChI=1S/C11H16N2O2/c1-7-5-8(12-13-10(7)15)6-9(14)11(2,3)4/h5H,6H2,1-4H3,(H,13,15). The number of aryl methyl sites for hydroxylation is 1. The molecule has 0 bridgehead atoms. The number of H-pyrrole nitrogens is 1. The van der Waals surface area contributed by atoms with Gasteiger partial charge in [0.05, 0.1) is 12.1 Å². The fourth-order valence-electron chi connectivity index (χ4n) is 1.08. The number of hydrogen-bond donors (Lipinski definition) is 1. The smallest absolute Gasteiger partial charge is 0.267 e. The zero-order chi connectivity index (χ0) is 11.6. The molecular weight excluding hydrogens is 192 g/mol. The Labute approximate surface area is 88.7 Å². The van der Waals surface area contributed by atoms with Crippen molar-refractivity contribution < 1.29 is 4.79 Å². The molecule has 0 aliphatic heterocycles. The van der Waals surface area contributed by atoms with Crippen molar-refractivity contribution in [1.82, 2.24) is 10.2 Å². The molecular formula is C11H16N2O2. The average molecular weight is 208 g/mol. The highest BCUT2D eigenvalue weighted by atomic mass is 16.1. The number of ketones is 1. The van der Waals surface area contributed by atoms with Gasteiger partial charge in [-0.25, -0.2) is 5.10 Å². The van der Waals surface area contributed by atoms with Crippen molar-refractivity contribution >= 4 is 5.78 Å². The van der Waals surface area contributed by atoms with Crippen LogP contribution in [0.1, 0.15) is 32.0 Å². The molecule has 0 radical (unpaired) electrons. The maximum absolute atomic E-state index is 11.7. The molecule has 0 atom stereocenters. The predicted octanol–water partition coefficient (Wildman–Crippen LogP) is 1.24. The van der Waals surface area contributed by atoms with Crippen LogP contribution in [-0.2, 0) is 11.2 Å². The third-order valence-corrected chi connectivity index (χ3v) is 2.22. The lowest BCUT2D eigenvalue weighted by molar-refractivity contribution is -0.125. The molecule has 82 valence electrons. The van der Waals surface area contributed by atoms with E-state index in [9.17, 15) is 9.59 Å². The molecule has 15 heavy (non-hydrogen) atoms. The van der Waals surface area contributed by atoms with Crippen LogP contribution < -0.4 is 5.56 Å². The second kappa shape index (κ2) is 3.96. The molecule has 0 aliphatic rings. The predicted molar refractivity (Wildman–Crippen MR) is 57.8 cm³/mol. The Kier molecular flexibility index (Phi) is 3.07. The van der Waals surface area contributed by atoms with E-state index in [1.807, 2.05) is 20.8 Å². The van der Waals surface area contributed by atoms with Crippen LogP contribution in [0.2, 0.25) is 0 Å². The number of rotatable bonds is 2. The summed E-state index contributed by atoms with van der Waals surface area (Å²) >= 11 is 0. The van der Waals surface area contributed by atoms with Crippen molar-refractivity contribution in [3.8, 4) is 0 Å². The van der Waals surface area contributed by atoms with Crippen molar-refractivity contribution in [2.45, 2.75) is 34.1 Å². The van der Waals surface area contributed by atoms with Crippen LogP contribution in [0, 0.1) is 12.3 Å². The summed E-state index contributed by atoms with van der Waals surface area (Å²) in [6.07, 6.45) is 0.265. The highest BCUT2D eigenvalue weighted by Crippen LogP contribution is 2.16. The summed E-state index contributed by atoms with van der Waals surface area (Å²) in [5.41, 5.74) is 0.627. The lowest BCUT2D eigenvalue weighted by Gasteiger charge is -2.15. The van der Waals surface area contributed by atoms with E-state index in [2.05, 4.69) is 10.2 Å². The van der Waals surface area contributed by atoms with Crippen LogP contribution in [0.25, 0.3) is 0 Å². The van der Waals surface area contributed by atoms with Gasteiger partial charge < -0.3 is 0 Å². The number of aromatic nitrogens is 2. The first-order valence-corrected chi connectivity index (χ1v) is 4.89. The van der Waals surface area contributed by atoms with E-state index in [4.69, 9.17) is 0 Å². The van der Waals surface area contributed by atoms with Gasteiger partial charge in [0.15, 0.2) is 0 Å². The van der Waals surface area contributed by atoms with Crippen LogP contribution in [0.5, 0.6) is 0 Å². The second-order valence-corrected chi connectivity index (χ2v) is 4.72. The Hall–Kier alpha value is -1.45. The van der Waals surface area contributed by atoms with Gasteiger partial charge in [-0.15, -0.1) is 0 Å². The molecule has 1 N–H and O–H groups in total. The first-order chi connectivity index (χ1) is 6.80. The van der Waals surface area contributed by atoms with Gasteiger partial charge in [0, 0.05) is 11.0 Å². The Morgan fingerprint density at radius 3 is 2.53 bits per heavy atom. The molecule has 0 aromatic carbocycles. The van der Waals surface area contributed by atoms with Gasteiger partial charge in [0.25, 0.3) is 5.56 Å². The van der Waals surface area contributed by atoms with Crippen LogP contribution in [0.15, 0.2) is 10.9 Å². The van der Waals surface area contributed by atoms with Crippen molar-refractivity contribution in [3.63, 3.8) is 0 Å². The Bertz CT molecular complexity index is 427. The molecule has 4 nitrogen and oxygen atoms in total. The lowest BCUT2D eigenvalue weighted by Crippen LogP contribution is -2.23. The third kappa shape index (κ3) is 3.01. The van der Waals surface area contributed by atoms with E-state index < -0.39 is 0 Å². The van der Waals surface area contributed by atoms with Gasteiger partial charge in [-0.3, -0.25) is 9.59 Å². The van der Waals surface area contributed by atoms with E-state index >= 15 is 0 Å². The van der Waals surface area contributed by atoms with Gasteiger partial charge in [0.2, 0.25) is 0 Å². The number of nitrogens with one attached hydrogen (secondary N) is 1. The number of carbonyl (C=O) groups is 1. The van der Waals surface area contributed by atoms with Gasteiger partial charge in [-0.05, 0) is 13.0 Å². The van der Waals surface area contributed by atoms with E-state index in [1.165, 1.54) is 0 Å². The van der Waals surface area contributed by atoms with Crippen LogP contribution >= 0.6 is 0 Å². The maximum Gasteiger partial charge on any atom is 0.267 e. The minimum Gasteiger partial charge on any atom is -0.299 e. The highest BCUT2D eigenvalue weighted by molar-refractivity contribution is 5.85. The molecule has 0 fully saturated rings. The Morgan fingerprint density at radius 2 is 2.07 bits per heavy atom. The quantitative estimate of drug-likeness (QED) is 0.795. The van der Waals surface area contributed by atoms with Crippen LogP contribution in [-0.4, -0.2) is 16.0 Å². The normalized spacial score (nSPS) is 11.5. The zero-order valence-electron chi connectivity index (χ0n) is 9.55. The number of carbonyl (C=O) groups excluding carboxylic acids is 1. The van der Waals surface area contributed by atoms with Crippen molar-refractivity contribution in [2.24, 2.45) is 5.41 Å². The monoisotopic (exact) mass is 208 g/mol. The van der Waals surface area contributed by atoms with Crippen LogP contribution in [0.4, 0.5) is 0 Å². The highest BCUT2D eigenvalue weighted by Gasteiger charge is 2.21. The number of nitrogens with zero attached hydrogens (tertiary/aromatic N) is 1. The molecule has 0 unspecified atom stereocenters. The molecule has 0 saturated carbocycles. The Balaban J connectivity index is 2.87. The summed E-state index contributed by atoms with van der Waals surface area (Å²) < 4.78 is 0. The molecule has 4 heteroatoms. The van der Waals surface area contributed by atoms with Crippen molar-refractivity contribution in [3.05, 3.63) is 27.7 Å². The fourth-order valence-corrected chi connectivity index (χ4v) is 1.08. The number of aromatic amines is 1. The first kappa shape index (κ1) is 11.6. The fraction of sp³-hybridized carbons (Fsp3) is 0.545. The first-order valence-electron chi connectivity index (χ1n) is 4.89. The summed E-state index contributed by atoms with van der Waals surface area (Å²) in [7, 11) is 0.